The van der Waals surface area contributed by atoms with Gasteiger partial charge < -0.3 is 5.73 Å². The topological polar surface area (TPSA) is 53.1 Å². The molecule has 2 atom stereocenters. The number of rotatable bonds is 5. The molecule has 3 N–H and O–H groups in total. The van der Waals surface area contributed by atoms with E-state index in [4.69, 9.17) is 11.1 Å². The average molecular weight is 239 g/mol. The number of amidine groups is 1. The maximum Gasteiger partial charge on any atom is 0.0918 e. The average Bonchev–Trinajstić information content (AvgIpc) is 2.14. The van der Waals surface area contributed by atoms with Crippen molar-refractivity contribution in [2.75, 3.05) is 6.54 Å². The number of nitrogens with zero attached hydrogens (tertiary/aromatic N) is 1. The number of nitrogens with two attached hydrogens (primary N) is 1. The summed E-state index contributed by atoms with van der Waals surface area (Å²) in [4.78, 5) is 2.55. The van der Waals surface area contributed by atoms with Crippen LogP contribution in [0.5, 0.6) is 0 Å². The summed E-state index contributed by atoms with van der Waals surface area (Å²) in [6, 6.07) is 1.24. The van der Waals surface area contributed by atoms with E-state index in [1.807, 2.05) is 0 Å². The Hall–Kier alpha value is -0.570. The first-order valence-electron chi connectivity index (χ1n) is 6.98. The Labute approximate surface area is 106 Å². The maximum atomic E-state index is 7.37. The molecule has 0 heterocycles. The zero-order valence-corrected chi connectivity index (χ0v) is 11.9. The van der Waals surface area contributed by atoms with Crippen molar-refractivity contribution in [3.05, 3.63) is 0 Å². The van der Waals surface area contributed by atoms with Crippen LogP contribution in [-0.4, -0.2) is 29.4 Å². The van der Waals surface area contributed by atoms with E-state index in [2.05, 4.69) is 32.6 Å². The van der Waals surface area contributed by atoms with Crippen LogP contribution in [0.15, 0.2) is 0 Å². The fourth-order valence-electron chi connectivity index (χ4n) is 3.29. The molecular formula is C14H29N3. The molecule has 2 unspecified atom stereocenters. The van der Waals surface area contributed by atoms with Crippen molar-refractivity contribution in [3.8, 4) is 0 Å². The van der Waals surface area contributed by atoms with E-state index in [9.17, 15) is 0 Å². The molecule has 0 saturated heterocycles. The highest BCUT2D eigenvalue weighted by molar-refractivity contribution is 5.76. The summed E-state index contributed by atoms with van der Waals surface area (Å²) in [6.07, 6.45) is 4.69. The van der Waals surface area contributed by atoms with Crippen molar-refractivity contribution in [3.63, 3.8) is 0 Å². The predicted molar refractivity (Wildman–Crippen MR) is 74.3 cm³/mol. The van der Waals surface area contributed by atoms with E-state index in [1.54, 1.807) is 0 Å². The second-order valence-corrected chi connectivity index (χ2v) is 6.18. The van der Waals surface area contributed by atoms with Gasteiger partial charge in [0.05, 0.1) is 5.84 Å². The van der Waals surface area contributed by atoms with Gasteiger partial charge in [0, 0.05) is 25.0 Å². The van der Waals surface area contributed by atoms with Gasteiger partial charge in [0.2, 0.25) is 0 Å². The first kappa shape index (κ1) is 14.5. The summed E-state index contributed by atoms with van der Waals surface area (Å²) < 4.78 is 0. The van der Waals surface area contributed by atoms with Crippen LogP contribution in [0.4, 0.5) is 0 Å². The van der Waals surface area contributed by atoms with Crippen LogP contribution in [0.3, 0.4) is 0 Å². The molecular weight excluding hydrogens is 210 g/mol. The highest BCUT2D eigenvalue weighted by Crippen LogP contribution is 2.32. The van der Waals surface area contributed by atoms with Gasteiger partial charge in [0.1, 0.15) is 0 Å². The summed E-state index contributed by atoms with van der Waals surface area (Å²) in [5.74, 6) is 1.98. The molecule has 3 nitrogen and oxygen atoms in total. The predicted octanol–water partition coefficient (Wildman–Crippen LogP) is 2.85. The number of nitrogens with one attached hydrogen (secondary N) is 1. The summed E-state index contributed by atoms with van der Waals surface area (Å²) in [5.41, 5.74) is 5.48. The number of hydrogen-bond donors (Lipinski definition) is 2. The van der Waals surface area contributed by atoms with Gasteiger partial charge in [-0.1, -0.05) is 13.8 Å². The smallest absolute Gasteiger partial charge is 0.0918 e. The minimum absolute atomic E-state index is 0.313. The van der Waals surface area contributed by atoms with Gasteiger partial charge in [-0.05, 0) is 44.9 Å². The fraction of sp³-hybridized carbons (Fsp3) is 0.929. The zero-order valence-electron chi connectivity index (χ0n) is 11.9. The van der Waals surface area contributed by atoms with E-state index in [1.165, 1.54) is 19.3 Å². The molecule has 1 aliphatic carbocycles. The molecule has 0 aromatic rings. The Kier molecular flexibility index (Phi) is 5.44. The molecule has 0 spiro atoms. The van der Waals surface area contributed by atoms with Crippen LogP contribution in [-0.2, 0) is 0 Å². The van der Waals surface area contributed by atoms with Crippen molar-refractivity contribution >= 4 is 5.84 Å². The molecule has 1 saturated carbocycles. The lowest BCUT2D eigenvalue weighted by molar-refractivity contribution is 0.0856. The molecule has 100 valence electrons. The summed E-state index contributed by atoms with van der Waals surface area (Å²) >= 11 is 0. The lowest BCUT2D eigenvalue weighted by Gasteiger charge is -2.41. The Balaban J connectivity index is 2.59. The molecule has 0 aliphatic heterocycles. The summed E-state index contributed by atoms with van der Waals surface area (Å²) in [7, 11) is 0. The minimum Gasteiger partial charge on any atom is -0.388 e. The van der Waals surface area contributed by atoms with Crippen LogP contribution in [0.2, 0.25) is 0 Å². The fourth-order valence-corrected chi connectivity index (χ4v) is 3.29. The van der Waals surface area contributed by atoms with Crippen molar-refractivity contribution in [2.24, 2.45) is 17.6 Å². The third kappa shape index (κ3) is 4.66. The molecule has 1 rings (SSSR count). The Bertz CT molecular complexity index is 240. The lowest BCUT2D eigenvalue weighted by Crippen LogP contribution is -2.45. The van der Waals surface area contributed by atoms with Crippen molar-refractivity contribution in [2.45, 2.75) is 65.5 Å². The Morgan fingerprint density at radius 1 is 1.24 bits per heavy atom. The van der Waals surface area contributed by atoms with Gasteiger partial charge in [0.25, 0.3) is 0 Å². The quantitative estimate of drug-likeness (QED) is 0.572. The van der Waals surface area contributed by atoms with E-state index < -0.39 is 0 Å². The SMILES string of the molecule is CC1CC(C)CC(N(CCC(=N)N)C(C)C)C1. The lowest BCUT2D eigenvalue weighted by atomic mass is 9.79. The van der Waals surface area contributed by atoms with Crippen molar-refractivity contribution < 1.29 is 0 Å². The van der Waals surface area contributed by atoms with Crippen molar-refractivity contribution in [1.82, 2.24) is 4.90 Å². The second-order valence-electron chi connectivity index (χ2n) is 6.18. The molecule has 1 aliphatic rings. The van der Waals surface area contributed by atoms with Crippen LogP contribution in [0.1, 0.15) is 53.4 Å². The number of hydrogen-bond acceptors (Lipinski definition) is 2. The molecule has 0 radical (unpaired) electrons. The molecule has 17 heavy (non-hydrogen) atoms. The van der Waals surface area contributed by atoms with Gasteiger partial charge in [-0.3, -0.25) is 10.3 Å². The maximum absolute atomic E-state index is 7.37. The summed E-state index contributed by atoms with van der Waals surface area (Å²) in [6.45, 7) is 10.2. The van der Waals surface area contributed by atoms with Gasteiger partial charge >= 0.3 is 0 Å². The normalized spacial score (nSPS) is 29.9. The van der Waals surface area contributed by atoms with E-state index in [0.717, 1.165) is 18.4 Å². The molecule has 3 heteroatoms. The molecule has 1 fully saturated rings. The third-order valence-electron chi connectivity index (χ3n) is 3.93. The summed E-state index contributed by atoms with van der Waals surface area (Å²) in [5, 5.41) is 7.37. The van der Waals surface area contributed by atoms with Gasteiger partial charge in [-0.25, -0.2) is 0 Å². The molecule has 0 aromatic heterocycles. The first-order chi connectivity index (χ1) is 7.90. The Morgan fingerprint density at radius 2 is 1.76 bits per heavy atom. The van der Waals surface area contributed by atoms with E-state index in [0.29, 0.717) is 24.3 Å². The molecule has 0 bridgehead atoms. The minimum atomic E-state index is 0.313. The second kappa shape index (κ2) is 6.39. The van der Waals surface area contributed by atoms with Crippen LogP contribution in [0, 0.1) is 17.2 Å². The first-order valence-corrected chi connectivity index (χ1v) is 6.98. The molecule has 0 amide bonds. The van der Waals surface area contributed by atoms with Crippen LogP contribution >= 0.6 is 0 Å². The van der Waals surface area contributed by atoms with Crippen molar-refractivity contribution in [1.29, 1.82) is 5.41 Å². The zero-order chi connectivity index (χ0) is 13.0. The van der Waals surface area contributed by atoms with Crippen LogP contribution < -0.4 is 5.73 Å². The Morgan fingerprint density at radius 3 is 2.18 bits per heavy atom. The van der Waals surface area contributed by atoms with E-state index >= 15 is 0 Å². The van der Waals surface area contributed by atoms with E-state index in [-0.39, 0.29) is 0 Å². The van der Waals surface area contributed by atoms with Gasteiger partial charge in [0.15, 0.2) is 0 Å². The van der Waals surface area contributed by atoms with Gasteiger partial charge in [-0.15, -0.1) is 0 Å². The van der Waals surface area contributed by atoms with Gasteiger partial charge in [-0.2, -0.15) is 0 Å². The highest BCUT2D eigenvalue weighted by Gasteiger charge is 2.29. The third-order valence-corrected chi connectivity index (χ3v) is 3.93. The van der Waals surface area contributed by atoms with Crippen LogP contribution in [0.25, 0.3) is 0 Å². The highest BCUT2D eigenvalue weighted by atomic mass is 15.2. The molecule has 0 aromatic carbocycles. The monoisotopic (exact) mass is 239 g/mol. The largest absolute Gasteiger partial charge is 0.388 e. The standard InChI is InChI=1S/C14H29N3/c1-10(2)17(6-5-14(15)16)13-8-11(3)7-12(4)9-13/h10-13H,5-9H2,1-4H3,(H3,15,16).